The number of hydrogen-bond acceptors (Lipinski definition) is 2. The minimum absolute atomic E-state index is 1.23. The Morgan fingerprint density at radius 2 is 0.411 bits per heavy atom. The number of fused-ring (bicyclic) bond motifs is 6. The van der Waals surface area contributed by atoms with Gasteiger partial charge in [-0.1, -0.05) is 140 Å². The van der Waals surface area contributed by atoms with Crippen molar-refractivity contribution in [3.05, 3.63) is 206 Å². The predicted octanol–water partition coefficient (Wildman–Crippen LogP) is 16.4. The van der Waals surface area contributed by atoms with E-state index in [0.717, 1.165) is 0 Å². The Morgan fingerprint density at radius 1 is 0.179 bits per heavy atom. The lowest BCUT2D eigenvalue weighted by Gasteiger charge is -2.08. The van der Waals surface area contributed by atoms with Crippen molar-refractivity contribution in [2.24, 2.45) is 0 Å². The van der Waals surface area contributed by atoms with Gasteiger partial charge < -0.3 is 0 Å². The van der Waals surface area contributed by atoms with Crippen LogP contribution in [0.3, 0.4) is 0 Å². The molecule has 2 aromatic heterocycles. The summed E-state index contributed by atoms with van der Waals surface area (Å²) >= 11 is 3.74. The highest BCUT2D eigenvalue weighted by Gasteiger charge is 2.13. The van der Waals surface area contributed by atoms with Gasteiger partial charge in [-0.15, -0.1) is 22.7 Å². The fraction of sp³-hybridized carbons (Fsp3) is 0. The quantitative estimate of drug-likeness (QED) is 0.159. The maximum absolute atomic E-state index is 2.39. The van der Waals surface area contributed by atoms with Gasteiger partial charge in [-0.25, -0.2) is 0 Å². The topological polar surface area (TPSA) is 0 Å². The monoisotopic (exact) mass is 746 g/mol. The fourth-order valence-electron chi connectivity index (χ4n) is 8.17. The highest BCUT2D eigenvalue weighted by molar-refractivity contribution is 7.26. The molecule has 0 aliphatic rings. The first-order chi connectivity index (χ1) is 27.7. The van der Waals surface area contributed by atoms with Crippen LogP contribution in [0.15, 0.2) is 206 Å². The Balaban J connectivity index is 0.941. The van der Waals surface area contributed by atoms with E-state index < -0.39 is 0 Å². The van der Waals surface area contributed by atoms with Gasteiger partial charge in [0.2, 0.25) is 0 Å². The first-order valence-corrected chi connectivity index (χ1v) is 20.7. The van der Waals surface area contributed by atoms with Gasteiger partial charge in [-0.3, -0.25) is 0 Å². The normalized spacial score (nSPS) is 11.6. The number of benzene rings is 9. The third kappa shape index (κ3) is 5.92. The average Bonchev–Trinajstić information content (AvgIpc) is 3.84. The highest BCUT2D eigenvalue weighted by atomic mass is 32.1. The van der Waals surface area contributed by atoms with Crippen LogP contribution in [0.1, 0.15) is 0 Å². The van der Waals surface area contributed by atoms with Crippen LogP contribution in [0.2, 0.25) is 0 Å². The van der Waals surface area contributed by atoms with Crippen LogP contribution in [0.4, 0.5) is 0 Å². The molecule has 0 spiro atoms. The van der Waals surface area contributed by atoms with E-state index in [9.17, 15) is 0 Å². The number of rotatable bonds is 6. The average molecular weight is 747 g/mol. The molecule has 0 aliphatic heterocycles. The second-order valence-electron chi connectivity index (χ2n) is 14.5. The van der Waals surface area contributed by atoms with Crippen molar-refractivity contribution in [1.29, 1.82) is 0 Å². The summed E-state index contributed by atoms with van der Waals surface area (Å²) in [6, 6.07) is 75.9. The Kier molecular flexibility index (Phi) is 7.98. The predicted molar refractivity (Wildman–Crippen MR) is 245 cm³/mol. The smallest absolute Gasteiger partial charge is 0.0355 e. The zero-order chi connectivity index (χ0) is 37.0. The summed E-state index contributed by atoms with van der Waals surface area (Å²) in [6.45, 7) is 0. The van der Waals surface area contributed by atoms with Crippen molar-refractivity contribution < 1.29 is 0 Å². The molecule has 0 aliphatic carbocycles. The lowest BCUT2D eigenvalue weighted by Crippen LogP contribution is -1.83. The highest BCUT2D eigenvalue weighted by Crippen LogP contribution is 2.41. The molecule has 0 atom stereocenters. The molecule has 11 aromatic rings. The first-order valence-electron chi connectivity index (χ1n) is 19.1. The molecule has 0 amide bonds. The van der Waals surface area contributed by atoms with E-state index in [1.807, 2.05) is 22.7 Å². The van der Waals surface area contributed by atoms with Gasteiger partial charge in [0.1, 0.15) is 0 Å². The molecule has 0 bridgehead atoms. The van der Waals surface area contributed by atoms with Crippen molar-refractivity contribution in [1.82, 2.24) is 0 Å². The SMILES string of the molecule is c1ccc(-c2cccc(-c3ccc4sc5ccc(-c6cccc(-c7ccc8sc9ccc(-c%10cccc(-c%11ccccc%11)c%10)cc9c8c7)c6)cc5c4c3)c2)cc1. The van der Waals surface area contributed by atoms with Crippen molar-refractivity contribution in [2.45, 2.75) is 0 Å². The molecule has 0 unspecified atom stereocenters. The standard InChI is InChI=1S/C54H34S2/c1-3-10-35(11-4-1)37-14-7-16-39(28-37)43-20-24-51-47(31-43)49-33-45(22-26-53(49)55-51)41-18-9-19-42(30-41)46-23-27-54-50(34-46)48-32-44(21-25-52(48)56-54)40-17-8-15-38(29-40)36-12-5-2-6-13-36/h1-34H. The maximum atomic E-state index is 2.39. The summed E-state index contributed by atoms with van der Waals surface area (Å²) in [5.41, 5.74) is 14.8. The van der Waals surface area contributed by atoms with Gasteiger partial charge in [-0.2, -0.15) is 0 Å². The van der Waals surface area contributed by atoms with Gasteiger partial charge in [0.15, 0.2) is 0 Å². The third-order valence-electron chi connectivity index (χ3n) is 11.1. The zero-order valence-corrected chi connectivity index (χ0v) is 32.1. The van der Waals surface area contributed by atoms with E-state index in [1.54, 1.807) is 0 Å². The zero-order valence-electron chi connectivity index (χ0n) is 30.4. The molecule has 0 fully saturated rings. The lowest BCUT2D eigenvalue weighted by molar-refractivity contribution is 1.60. The molecular formula is C54H34S2. The molecule has 0 nitrogen and oxygen atoms in total. The molecular weight excluding hydrogens is 713 g/mol. The van der Waals surface area contributed by atoms with E-state index in [-0.39, 0.29) is 0 Å². The van der Waals surface area contributed by atoms with E-state index in [0.29, 0.717) is 0 Å². The third-order valence-corrected chi connectivity index (χ3v) is 13.4. The summed E-state index contributed by atoms with van der Waals surface area (Å²) in [6.07, 6.45) is 0. The molecule has 0 saturated carbocycles. The summed E-state index contributed by atoms with van der Waals surface area (Å²) in [5.74, 6) is 0. The Hall–Kier alpha value is -6.58. The Labute approximate surface area is 334 Å². The van der Waals surface area contributed by atoms with E-state index in [1.165, 1.54) is 107 Å². The molecule has 0 N–H and O–H groups in total. The van der Waals surface area contributed by atoms with Gasteiger partial charge in [0.05, 0.1) is 0 Å². The van der Waals surface area contributed by atoms with Crippen LogP contribution in [-0.4, -0.2) is 0 Å². The van der Waals surface area contributed by atoms with Crippen molar-refractivity contribution in [3.8, 4) is 66.8 Å². The van der Waals surface area contributed by atoms with Crippen LogP contribution < -0.4 is 0 Å². The van der Waals surface area contributed by atoms with Crippen LogP contribution in [-0.2, 0) is 0 Å². The Bertz CT molecular complexity index is 3020. The van der Waals surface area contributed by atoms with Gasteiger partial charge in [0, 0.05) is 40.3 Å². The molecule has 0 radical (unpaired) electrons. The maximum Gasteiger partial charge on any atom is 0.0355 e. The molecule has 262 valence electrons. The number of thiophene rings is 2. The first kappa shape index (κ1) is 32.8. The lowest BCUT2D eigenvalue weighted by atomic mass is 9.95. The van der Waals surface area contributed by atoms with Crippen molar-refractivity contribution in [2.75, 3.05) is 0 Å². The van der Waals surface area contributed by atoms with E-state index >= 15 is 0 Å². The fourth-order valence-corrected chi connectivity index (χ4v) is 10.3. The second kappa shape index (κ2) is 13.6. The molecule has 11 rings (SSSR count). The van der Waals surface area contributed by atoms with Crippen molar-refractivity contribution >= 4 is 63.0 Å². The molecule has 56 heavy (non-hydrogen) atoms. The van der Waals surface area contributed by atoms with Crippen LogP contribution in [0.25, 0.3) is 107 Å². The molecule has 2 heterocycles. The summed E-state index contributed by atoms with van der Waals surface area (Å²) in [5, 5.41) is 5.24. The van der Waals surface area contributed by atoms with Gasteiger partial charge >= 0.3 is 0 Å². The minimum atomic E-state index is 1.23. The minimum Gasteiger partial charge on any atom is -0.135 e. The van der Waals surface area contributed by atoms with Crippen LogP contribution in [0, 0.1) is 0 Å². The van der Waals surface area contributed by atoms with E-state index in [2.05, 4.69) is 206 Å². The summed E-state index contributed by atoms with van der Waals surface area (Å²) in [7, 11) is 0. The largest absolute Gasteiger partial charge is 0.135 e. The van der Waals surface area contributed by atoms with Gasteiger partial charge in [0.25, 0.3) is 0 Å². The van der Waals surface area contributed by atoms with Crippen LogP contribution >= 0.6 is 22.7 Å². The van der Waals surface area contributed by atoms with Gasteiger partial charge in [-0.05, 0) is 133 Å². The van der Waals surface area contributed by atoms with Crippen LogP contribution in [0.5, 0.6) is 0 Å². The molecule has 0 saturated heterocycles. The Morgan fingerprint density at radius 3 is 0.696 bits per heavy atom. The summed E-state index contributed by atoms with van der Waals surface area (Å²) in [4.78, 5) is 0. The summed E-state index contributed by atoms with van der Waals surface area (Å²) < 4.78 is 5.27. The molecule has 2 heteroatoms. The van der Waals surface area contributed by atoms with Crippen molar-refractivity contribution in [3.63, 3.8) is 0 Å². The molecule has 9 aromatic carbocycles. The van der Waals surface area contributed by atoms with E-state index in [4.69, 9.17) is 0 Å². The second-order valence-corrected chi connectivity index (χ2v) is 16.7. The number of hydrogen-bond donors (Lipinski definition) is 0.